The summed E-state index contributed by atoms with van der Waals surface area (Å²) in [6, 6.07) is 0. The molecule has 1 fully saturated rings. The highest BCUT2D eigenvalue weighted by molar-refractivity contribution is 5.70. The molecule has 1 aliphatic heterocycles. The molecule has 0 aromatic rings. The molecule has 408 valence electrons. The van der Waals surface area contributed by atoms with E-state index in [1.54, 1.807) is 0 Å². The summed E-state index contributed by atoms with van der Waals surface area (Å²) >= 11 is 0. The van der Waals surface area contributed by atoms with Gasteiger partial charge in [-0.25, -0.2) is 0 Å². The van der Waals surface area contributed by atoms with Crippen LogP contribution in [-0.2, 0) is 28.5 Å². The lowest BCUT2D eigenvalue weighted by Gasteiger charge is -2.39. The maximum absolute atomic E-state index is 12.9. The fourth-order valence-corrected chi connectivity index (χ4v) is 9.48. The molecule has 0 saturated carbocycles. The monoisotopic (exact) mass is 981 g/mol. The quantitative estimate of drug-likeness (QED) is 0.0263. The molecule has 10 heteroatoms. The molecular formula is C59H112O10. The molecule has 1 saturated heterocycles. The number of rotatable bonds is 52. The van der Waals surface area contributed by atoms with E-state index in [1.807, 2.05) is 0 Å². The number of unbranched alkanes of at least 4 members (excludes halogenated alkanes) is 39. The molecule has 4 N–H and O–H groups in total. The minimum absolute atomic E-state index is 0.211. The fourth-order valence-electron chi connectivity index (χ4n) is 9.48. The van der Waals surface area contributed by atoms with Gasteiger partial charge in [-0.3, -0.25) is 9.59 Å². The fraction of sp³-hybridized carbons (Fsp3) is 0.932. The lowest BCUT2D eigenvalue weighted by atomic mass is 9.99. The van der Waals surface area contributed by atoms with E-state index in [0.29, 0.717) is 6.42 Å². The molecular weight excluding hydrogens is 869 g/mol. The minimum Gasteiger partial charge on any atom is -0.462 e. The number of hydrogen-bond donors (Lipinski definition) is 4. The summed E-state index contributed by atoms with van der Waals surface area (Å²) in [6.07, 6.45) is 50.9. The van der Waals surface area contributed by atoms with Gasteiger partial charge in [-0.15, -0.1) is 0 Å². The number of ether oxygens (including phenoxy) is 4. The normalized spacial score (nSPS) is 18.8. The number of carbonyl (C=O) groups is 2. The van der Waals surface area contributed by atoms with Gasteiger partial charge in [0.25, 0.3) is 0 Å². The van der Waals surface area contributed by atoms with Crippen molar-refractivity contribution in [1.29, 1.82) is 0 Å². The molecule has 0 spiro atoms. The molecule has 1 aliphatic rings. The minimum atomic E-state index is -1.59. The zero-order valence-electron chi connectivity index (χ0n) is 45.1. The van der Waals surface area contributed by atoms with Gasteiger partial charge in [-0.1, -0.05) is 257 Å². The van der Waals surface area contributed by atoms with Gasteiger partial charge in [0, 0.05) is 12.8 Å². The van der Waals surface area contributed by atoms with Gasteiger partial charge in [0.2, 0.25) is 0 Å². The standard InChI is InChI=1S/C59H112O10/c1-3-5-7-9-11-13-15-17-19-21-23-25-26-28-30-32-34-36-38-40-42-44-46-48-55(62)68-52(51-67-59-58(65)57(64)56(63)53(49-60)69-59)50-66-54(61)47-45-43-41-39-37-35-33-31-29-27-24-22-20-18-16-14-12-10-8-6-4-2/h21,23,52-53,56-60,63-65H,3-20,22,24-51H2,1-2H3/b23-21-. The van der Waals surface area contributed by atoms with E-state index in [0.717, 1.165) is 38.5 Å². The van der Waals surface area contributed by atoms with E-state index >= 15 is 0 Å². The Labute approximate surface area is 424 Å². The molecule has 1 rings (SSSR count). The predicted molar refractivity (Wildman–Crippen MR) is 284 cm³/mol. The predicted octanol–water partition coefficient (Wildman–Crippen LogP) is 15.0. The van der Waals surface area contributed by atoms with Gasteiger partial charge in [0.15, 0.2) is 12.4 Å². The molecule has 6 unspecified atom stereocenters. The number of carbonyl (C=O) groups excluding carboxylic acids is 2. The molecule has 0 bridgehead atoms. The highest BCUT2D eigenvalue weighted by Gasteiger charge is 2.44. The van der Waals surface area contributed by atoms with Crippen molar-refractivity contribution in [2.24, 2.45) is 0 Å². The van der Waals surface area contributed by atoms with Crippen molar-refractivity contribution in [3.05, 3.63) is 12.2 Å². The second-order valence-corrected chi connectivity index (χ2v) is 20.8. The number of aliphatic hydroxyl groups excluding tert-OH is 4. The van der Waals surface area contributed by atoms with Gasteiger partial charge in [-0.2, -0.15) is 0 Å². The summed E-state index contributed by atoms with van der Waals surface area (Å²) in [5.41, 5.74) is 0. The third-order valence-corrected chi connectivity index (χ3v) is 14.2. The van der Waals surface area contributed by atoms with Crippen LogP contribution in [0.5, 0.6) is 0 Å². The summed E-state index contributed by atoms with van der Waals surface area (Å²) < 4.78 is 22.3. The second kappa shape index (κ2) is 50.0. The Bertz CT molecular complexity index is 1130. The maximum atomic E-state index is 12.9. The van der Waals surface area contributed by atoms with Crippen molar-refractivity contribution in [3.63, 3.8) is 0 Å². The smallest absolute Gasteiger partial charge is 0.306 e. The maximum Gasteiger partial charge on any atom is 0.306 e. The number of esters is 2. The molecule has 0 amide bonds. The first-order chi connectivity index (χ1) is 33.8. The molecule has 0 radical (unpaired) electrons. The van der Waals surface area contributed by atoms with Crippen LogP contribution in [0.25, 0.3) is 0 Å². The summed E-state index contributed by atoms with van der Waals surface area (Å²) in [4.78, 5) is 25.6. The van der Waals surface area contributed by atoms with Crippen LogP contribution in [0.2, 0.25) is 0 Å². The molecule has 69 heavy (non-hydrogen) atoms. The number of hydrogen-bond acceptors (Lipinski definition) is 10. The third kappa shape index (κ3) is 40.6. The van der Waals surface area contributed by atoms with Crippen molar-refractivity contribution < 1.29 is 49.0 Å². The Morgan fingerprint density at radius 1 is 0.435 bits per heavy atom. The number of aliphatic hydroxyl groups is 4. The highest BCUT2D eigenvalue weighted by atomic mass is 16.7. The van der Waals surface area contributed by atoms with E-state index in [2.05, 4.69) is 26.0 Å². The zero-order chi connectivity index (χ0) is 50.1. The van der Waals surface area contributed by atoms with Crippen LogP contribution in [0.15, 0.2) is 12.2 Å². The Kier molecular flexibility index (Phi) is 47.4. The third-order valence-electron chi connectivity index (χ3n) is 14.2. The van der Waals surface area contributed by atoms with Gasteiger partial charge in [0.05, 0.1) is 13.2 Å². The van der Waals surface area contributed by atoms with E-state index in [9.17, 15) is 30.0 Å². The van der Waals surface area contributed by atoms with Crippen LogP contribution in [0.4, 0.5) is 0 Å². The first kappa shape index (κ1) is 65.5. The Morgan fingerprint density at radius 3 is 1.13 bits per heavy atom. The lowest BCUT2D eigenvalue weighted by molar-refractivity contribution is -0.305. The lowest BCUT2D eigenvalue weighted by Crippen LogP contribution is -2.59. The van der Waals surface area contributed by atoms with Crippen LogP contribution in [-0.4, -0.2) is 89.0 Å². The molecule has 10 nitrogen and oxygen atoms in total. The SMILES string of the molecule is CCCCCCCCCC/C=C\CCCCCCCCCCCCCC(=O)OC(COC(=O)CCCCCCCCCCCCCCCCCCCCCCC)COC1OC(CO)C(O)C(O)C1O. The average Bonchev–Trinajstić information content (AvgIpc) is 3.35. The average molecular weight is 982 g/mol. The first-order valence-corrected chi connectivity index (χ1v) is 29.8. The molecule has 1 heterocycles. The van der Waals surface area contributed by atoms with E-state index in [-0.39, 0.29) is 32.0 Å². The summed E-state index contributed by atoms with van der Waals surface area (Å²) in [5.74, 6) is -0.786. The van der Waals surface area contributed by atoms with Gasteiger partial charge in [0.1, 0.15) is 31.0 Å². The van der Waals surface area contributed by atoms with Crippen LogP contribution in [0.1, 0.15) is 296 Å². The van der Waals surface area contributed by atoms with Crippen LogP contribution in [0, 0.1) is 0 Å². The van der Waals surface area contributed by atoms with Crippen molar-refractivity contribution in [2.45, 2.75) is 333 Å². The van der Waals surface area contributed by atoms with Crippen molar-refractivity contribution in [1.82, 2.24) is 0 Å². The topological polar surface area (TPSA) is 152 Å². The number of allylic oxidation sites excluding steroid dienone is 2. The largest absolute Gasteiger partial charge is 0.462 e. The Balaban J connectivity index is 2.18. The van der Waals surface area contributed by atoms with Gasteiger partial charge >= 0.3 is 11.9 Å². The summed E-state index contributed by atoms with van der Waals surface area (Å²) in [7, 11) is 0. The second-order valence-electron chi connectivity index (χ2n) is 20.8. The van der Waals surface area contributed by atoms with Crippen LogP contribution in [0.3, 0.4) is 0 Å². The van der Waals surface area contributed by atoms with E-state index < -0.39 is 49.4 Å². The Morgan fingerprint density at radius 2 is 0.768 bits per heavy atom. The van der Waals surface area contributed by atoms with Gasteiger partial charge < -0.3 is 39.4 Å². The summed E-state index contributed by atoms with van der Waals surface area (Å²) in [6.45, 7) is 3.49. The molecule has 6 atom stereocenters. The van der Waals surface area contributed by atoms with Crippen molar-refractivity contribution >= 4 is 11.9 Å². The van der Waals surface area contributed by atoms with E-state index in [4.69, 9.17) is 18.9 Å². The van der Waals surface area contributed by atoms with E-state index in [1.165, 1.54) is 225 Å². The van der Waals surface area contributed by atoms with Gasteiger partial charge in [-0.05, 0) is 38.5 Å². The van der Waals surface area contributed by atoms with Crippen molar-refractivity contribution in [2.75, 3.05) is 19.8 Å². The van der Waals surface area contributed by atoms with Crippen LogP contribution < -0.4 is 0 Å². The van der Waals surface area contributed by atoms with Crippen molar-refractivity contribution in [3.8, 4) is 0 Å². The zero-order valence-corrected chi connectivity index (χ0v) is 45.1. The molecule has 0 aliphatic carbocycles. The summed E-state index contributed by atoms with van der Waals surface area (Å²) in [5, 5.41) is 40.3. The molecule has 0 aromatic heterocycles. The Hall–Kier alpha value is -1.56. The molecule has 0 aromatic carbocycles. The highest BCUT2D eigenvalue weighted by Crippen LogP contribution is 2.23. The first-order valence-electron chi connectivity index (χ1n) is 29.8. The van der Waals surface area contributed by atoms with Crippen LogP contribution >= 0.6 is 0 Å².